The van der Waals surface area contributed by atoms with E-state index in [0.717, 1.165) is 23.7 Å². The first kappa shape index (κ1) is 19.3. The number of nitrogens with zero attached hydrogens (tertiary/aromatic N) is 2. The number of hydrogen-bond acceptors (Lipinski definition) is 6. The molecule has 3 rings (SSSR count). The summed E-state index contributed by atoms with van der Waals surface area (Å²) in [5.74, 6) is -1.08. The molecule has 2 aromatic carbocycles. The van der Waals surface area contributed by atoms with Crippen molar-refractivity contribution in [2.24, 2.45) is 0 Å². The number of methoxy groups -OCH3 is 1. The zero-order valence-electron chi connectivity index (χ0n) is 15.7. The lowest BCUT2D eigenvalue weighted by Gasteiger charge is -2.26. The maximum absolute atomic E-state index is 12.9. The molecule has 1 heterocycles. The molecule has 0 fully saturated rings. The van der Waals surface area contributed by atoms with Crippen LogP contribution in [-0.2, 0) is 16.0 Å². The van der Waals surface area contributed by atoms with Gasteiger partial charge in [0.1, 0.15) is 11.3 Å². The Morgan fingerprint density at radius 1 is 1.25 bits per heavy atom. The smallest absolute Gasteiger partial charge is 0.342 e. The summed E-state index contributed by atoms with van der Waals surface area (Å²) in [6.45, 7) is 3.41. The Bertz CT molecular complexity index is 942. The minimum atomic E-state index is -1.06. The monoisotopic (exact) mass is 384 g/mol. The number of non-ortho nitro benzene ring substituents is 1. The van der Waals surface area contributed by atoms with Crippen molar-refractivity contribution in [1.29, 1.82) is 0 Å². The van der Waals surface area contributed by atoms with E-state index in [4.69, 9.17) is 9.47 Å². The molecule has 0 saturated carbocycles. The van der Waals surface area contributed by atoms with E-state index in [9.17, 15) is 19.7 Å². The van der Waals surface area contributed by atoms with Crippen LogP contribution in [0.4, 0.5) is 11.4 Å². The summed E-state index contributed by atoms with van der Waals surface area (Å²) in [5.41, 5.74) is 1.48. The normalized spacial score (nSPS) is 16.2. The summed E-state index contributed by atoms with van der Waals surface area (Å²) in [5, 5.41) is 11.0. The van der Waals surface area contributed by atoms with E-state index >= 15 is 0 Å². The molecule has 0 N–H and O–H groups in total. The molecule has 0 radical (unpaired) electrons. The van der Waals surface area contributed by atoms with E-state index in [0.29, 0.717) is 0 Å². The number of ether oxygens (including phenoxy) is 2. The summed E-state index contributed by atoms with van der Waals surface area (Å²) in [6.07, 6.45) is -0.341. The van der Waals surface area contributed by atoms with Crippen LogP contribution in [0.3, 0.4) is 0 Å². The number of para-hydroxylation sites is 1. The molecule has 0 saturated heterocycles. The molecule has 0 aromatic heterocycles. The summed E-state index contributed by atoms with van der Waals surface area (Å²) >= 11 is 0. The molecule has 2 atom stereocenters. The summed E-state index contributed by atoms with van der Waals surface area (Å²) < 4.78 is 10.4. The number of fused-ring (bicyclic) bond motifs is 1. The van der Waals surface area contributed by atoms with Gasteiger partial charge in [-0.3, -0.25) is 14.9 Å². The predicted molar refractivity (Wildman–Crippen MR) is 102 cm³/mol. The van der Waals surface area contributed by atoms with Crippen molar-refractivity contribution < 1.29 is 24.0 Å². The highest BCUT2D eigenvalue weighted by Crippen LogP contribution is 2.33. The quantitative estimate of drug-likeness (QED) is 0.446. The standard InChI is InChI=1S/C20H20N2O6/c1-12-10-14-6-4-5-7-17(14)21(12)19(23)13(2)28-20(24)16-11-15(22(25)26)8-9-18(16)27-3/h4-9,11-13H,10H2,1-3H3/t12-,13+/m1/s1. The Kier molecular flexibility index (Phi) is 5.30. The number of esters is 1. The SMILES string of the molecule is COc1ccc([N+](=O)[O-])cc1C(=O)O[C@@H](C)C(=O)N1c2ccccc2C[C@H]1C. The van der Waals surface area contributed by atoms with Gasteiger partial charge in [0.25, 0.3) is 11.6 Å². The molecule has 8 nitrogen and oxygen atoms in total. The van der Waals surface area contributed by atoms with Crippen molar-refractivity contribution in [2.75, 3.05) is 12.0 Å². The van der Waals surface area contributed by atoms with Crippen LogP contribution in [0.5, 0.6) is 5.75 Å². The van der Waals surface area contributed by atoms with Gasteiger partial charge in [-0.1, -0.05) is 18.2 Å². The van der Waals surface area contributed by atoms with Crippen LogP contribution in [0.2, 0.25) is 0 Å². The number of nitro groups is 1. The zero-order chi connectivity index (χ0) is 20.4. The lowest BCUT2D eigenvalue weighted by atomic mass is 10.1. The van der Waals surface area contributed by atoms with Gasteiger partial charge in [-0.05, 0) is 38.0 Å². The molecular weight excluding hydrogens is 364 g/mol. The highest BCUT2D eigenvalue weighted by Gasteiger charge is 2.35. The van der Waals surface area contributed by atoms with E-state index in [2.05, 4.69) is 0 Å². The summed E-state index contributed by atoms with van der Waals surface area (Å²) in [7, 11) is 1.34. The highest BCUT2D eigenvalue weighted by atomic mass is 16.6. The Hall–Kier alpha value is -3.42. The van der Waals surface area contributed by atoms with Gasteiger partial charge < -0.3 is 14.4 Å². The van der Waals surface area contributed by atoms with Crippen molar-refractivity contribution in [2.45, 2.75) is 32.4 Å². The van der Waals surface area contributed by atoms with Crippen LogP contribution in [-0.4, -0.2) is 36.1 Å². The van der Waals surface area contributed by atoms with Crippen LogP contribution in [0, 0.1) is 10.1 Å². The maximum atomic E-state index is 12.9. The van der Waals surface area contributed by atoms with Crippen LogP contribution in [0.15, 0.2) is 42.5 Å². The molecule has 146 valence electrons. The Balaban J connectivity index is 1.80. The fourth-order valence-corrected chi connectivity index (χ4v) is 3.34. The topological polar surface area (TPSA) is 99.0 Å². The van der Waals surface area contributed by atoms with E-state index < -0.39 is 17.0 Å². The van der Waals surface area contributed by atoms with Crippen LogP contribution in [0.1, 0.15) is 29.8 Å². The van der Waals surface area contributed by atoms with E-state index in [1.807, 2.05) is 31.2 Å². The third-order valence-corrected chi connectivity index (χ3v) is 4.69. The van der Waals surface area contributed by atoms with Crippen LogP contribution in [0.25, 0.3) is 0 Å². The predicted octanol–water partition coefficient (Wildman–Crippen LogP) is 3.13. The zero-order valence-corrected chi connectivity index (χ0v) is 15.7. The van der Waals surface area contributed by atoms with E-state index in [1.165, 1.54) is 26.2 Å². The average Bonchev–Trinajstić information content (AvgIpc) is 3.02. The number of benzene rings is 2. The molecule has 8 heteroatoms. The number of carbonyl (C=O) groups excluding carboxylic acids is 2. The number of rotatable bonds is 5. The van der Waals surface area contributed by atoms with Gasteiger partial charge in [0.2, 0.25) is 0 Å². The second-order valence-electron chi connectivity index (χ2n) is 6.58. The van der Waals surface area contributed by atoms with Crippen LogP contribution < -0.4 is 9.64 Å². The molecule has 28 heavy (non-hydrogen) atoms. The number of amides is 1. The number of hydrogen-bond donors (Lipinski definition) is 0. The van der Waals surface area contributed by atoms with Crippen molar-refractivity contribution in [3.63, 3.8) is 0 Å². The second kappa shape index (κ2) is 7.67. The first-order valence-electron chi connectivity index (χ1n) is 8.78. The molecule has 0 aliphatic carbocycles. The first-order chi connectivity index (χ1) is 13.3. The first-order valence-corrected chi connectivity index (χ1v) is 8.78. The van der Waals surface area contributed by atoms with Crippen molar-refractivity contribution >= 4 is 23.3 Å². The molecule has 1 aliphatic heterocycles. The Morgan fingerprint density at radius 3 is 2.64 bits per heavy atom. The Labute approximate surface area is 161 Å². The van der Waals surface area contributed by atoms with Gasteiger partial charge in [-0.15, -0.1) is 0 Å². The molecule has 1 aliphatic rings. The van der Waals surface area contributed by atoms with E-state index in [1.54, 1.807) is 4.90 Å². The number of carbonyl (C=O) groups is 2. The fourth-order valence-electron chi connectivity index (χ4n) is 3.34. The molecule has 1 amide bonds. The van der Waals surface area contributed by atoms with Gasteiger partial charge in [-0.25, -0.2) is 4.79 Å². The van der Waals surface area contributed by atoms with E-state index in [-0.39, 0.29) is 28.9 Å². The van der Waals surface area contributed by atoms with Gasteiger partial charge in [0.15, 0.2) is 6.10 Å². The lowest BCUT2D eigenvalue weighted by molar-refractivity contribution is -0.384. The van der Waals surface area contributed by atoms with Crippen LogP contribution >= 0.6 is 0 Å². The van der Waals surface area contributed by atoms with Crippen molar-refractivity contribution in [1.82, 2.24) is 0 Å². The molecular formula is C20H20N2O6. The largest absolute Gasteiger partial charge is 0.496 e. The molecule has 2 aromatic rings. The summed E-state index contributed by atoms with van der Waals surface area (Å²) in [4.78, 5) is 37.5. The Morgan fingerprint density at radius 2 is 1.96 bits per heavy atom. The third-order valence-electron chi connectivity index (χ3n) is 4.69. The van der Waals surface area contributed by atoms with Gasteiger partial charge in [0, 0.05) is 23.9 Å². The van der Waals surface area contributed by atoms with Crippen molar-refractivity contribution in [3.8, 4) is 5.75 Å². The minimum Gasteiger partial charge on any atom is -0.496 e. The van der Waals surface area contributed by atoms with Gasteiger partial charge >= 0.3 is 5.97 Å². The minimum absolute atomic E-state index is 0.0570. The average molecular weight is 384 g/mol. The second-order valence-corrected chi connectivity index (χ2v) is 6.58. The summed E-state index contributed by atoms with van der Waals surface area (Å²) in [6, 6.07) is 11.1. The number of anilines is 1. The molecule has 0 unspecified atom stereocenters. The number of nitro benzene ring substituents is 1. The van der Waals surface area contributed by atoms with Gasteiger partial charge in [0.05, 0.1) is 12.0 Å². The maximum Gasteiger partial charge on any atom is 0.342 e. The lowest BCUT2D eigenvalue weighted by Crippen LogP contribution is -2.43. The fraction of sp³-hybridized carbons (Fsp3) is 0.300. The third kappa shape index (κ3) is 3.53. The van der Waals surface area contributed by atoms with Crippen molar-refractivity contribution in [3.05, 3.63) is 63.7 Å². The molecule has 0 spiro atoms. The highest BCUT2D eigenvalue weighted by molar-refractivity contribution is 6.01. The van der Waals surface area contributed by atoms with Gasteiger partial charge in [-0.2, -0.15) is 0 Å². The molecule has 0 bridgehead atoms.